The van der Waals surface area contributed by atoms with E-state index in [2.05, 4.69) is 35.6 Å². The van der Waals surface area contributed by atoms with E-state index < -0.39 is 0 Å². The quantitative estimate of drug-likeness (QED) is 0.880. The van der Waals surface area contributed by atoms with Crippen molar-refractivity contribution in [3.8, 4) is 0 Å². The van der Waals surface area contributed by atoms with Crippen LogP contribution < -0.4 is 5.32 Å². The largest absolute Gasteiger partial charge is 0.391 e. The Labute approximate surface area is 114 Å². The van der Waals surface area contributed by atoms with E-state index in [-0.39, 0.29) is 12.1 Å². The Morgan fingerprint density at radius 1 is 1.05 bits per heavy atom. The lowest BCUT2D eigenvalue weighted by atomic mass is 9.89. The van der Waals surface area contributed by atoms with Crippen LogP contribution in [0.4, 0.5) is 0 Å². The van der Waals surface area contributed by atoms with E-state index in [9.17, 15) is 5.11 Å². The lowest BCUT2D eigenvalue weighted by molar-refractivity contribution is 0.124. The summed E-state index contributed by atoms with van der Waals surface area (Å²) >= 11 is 0. The molecule has 0 saturated carbocycles. The van der Waals surface area contributed by atoms with Gasteiger partial charge in [0.2, 0.25) is 0 Å². The van der Waals surface area contributed by atoms with Crippen LogP contribution in [0.5, 0.6) is 0 Å². The van der Waals surface area contributed by atoms with Crippen LogP contribution in [0.15, 0.2) is 54.6 Å². The molecular formula is C17H19NO. The van der Waals surface area contributed by atoms with Crippen LogP contribution in [0.2, 0.25) is 0 Å². The summed E-state index contributed by atoms with van der Waals surface area (Å²) in [5.41, 5.74) is 3.79. The topological polar surface area (TPSA) is 32.3 Å². The summed E-state index contributed by atoms with van der Waals surface area (Å²) in [4.78, 5) is 0. The third kappa shape index (κ3) is 2.70. The number of aliphatic hydroxyl groups excluding tert-OH is 1. The zero-order chi connectivity index (χ0) is 13.1. The van der Waals surface area contributed by atoms with Crippen molar-refractivity contribution in [1.29, 1.82) is 0 Å². The molecule has 0 fully saturated rings. The maximum atomic E-state index is 10.5. The van der Waals surface area contributed by atoms with Gasteiger partial charge in [0.1, 0.15) is 0 Å². The predicted molar refractivity (Wildman–Crippen MR) is 77.0 cm³/mol. The molecule has 0 bridgehead atoms. The Bertz CT molecular complexity index is 538. The zero-order valence-corrected chi connectivity index (χ0v) is 10.9. The van der Waals surface area contributed by atoms with Crippen LogP contribution in [0.1, 0.15) is 22.7 Å². The van der Waals surface area contributed by atoms with Gasteiger partial charge in [-0.25, -0.2) is 0 Å². The number of rotatable bonds is 3. The second-order valence-corrected chi connectivity index (χ2v) is 5.14. The number of fused-ring (bicyclic) bond motifs is 1. The number of hydrogen-bond donors (Lipinski definition) is 2. The fourth-order valence-corrected chi connectivity index (χ4v) is 2.85. The minimum absolute atomic E-state index is 0.0464. The first-order chi connectivity index (χ1) is 9.34. The molecule has 19 heavy (non-hydrogen) atoms. The summed E-state index contributed by atoms with van der Waals surface area (Å²) in [6.45, 7) is 0.938. The fraction of sp³-hybridized carbons (Fsp3) is 0.294. The summed E-state index contributed by atoms with van der Waals surface area (Å²) in [7, 11) is 0. The van der Waals surface area contributed by atoms with Gasteiger partial charge in [0, 0.05) is 6.42 Å². The van der Waals surface area contributed by atoms with Gasteiger partial charge in [0.25, 0.3) is 0 Å². The van der Waals surface area contributed by atoms with E-state index >= 15 is 0 Å². The molecular weight excluding hydrogens is 234 g/mol. The van der Waals surface area contributed by atoms with Crippen molar-refractivity contribution in [2.45, 2.75) is 25.0 Å². The van der Waals surface area contributed by atoms with Gasteiger partial charge in [-0.05, 0) is 29.7 Å². The lowest BCUT2D eigenvalue weighted by Gasteiger charge is -2.30. The third-order valence-electron chi connectivity index (χ3n) is 3.82. The number of benzene rings is 2. The summed E-state index contributed by atoms with van der Waals surface area (Å²) in [5, 5.41) is 14.0. The number of hydrogen-bond acceptors (Lipinski definition) is 2. The fourth-order valence-electron chi connectivity index (χ4n) is 2.85. The second kappa shape index (κ2) is 5.55. The van der Waals surface area contributed by atoms with Gasteiger partial charge in [-0.15, -0.1) is 0 Å². The van der Waals surface area contributed by atoms with Gasteiger partial charge in [-0.1, -0.05) is 54.6 Å². The Balaban J connectivity index is 1.80. The molecule has 2 atom stereocenters. The molecule has 0 aromatic heterocycles. The maximum absolute atomic E-state index is 10.5. The third-order valence-corrected chi connectivity index (χ3v) is 3.82. The molecule has 2 heteroatoms. The monoisotopic (exact) mass is 253 g/mol. The van der Waals surface area contributed by atoms with Crippen molar-refractivity contribution in [1.82, 2.24) is 5.32 Å². The van der Waals surface area contributed by atoms with Gasteiger partial charge in [0.05, 0.1) is 12.1 Å². The molecule has 3 rings (SSSR count). The summed E-state index contributed by atoms with van der Waals surface area (Å²) in [6, 6.07) is 18.6. The van der Waals surface area contributed by atoms with Gasteiger partial charge < -0.3 is 10.4 Å². The molecule has 1 heterocycles. The zero-order valence-electron chi connectivity index (χ0n) is 10.9. The van der Waals surface area contributed by atoms with Crippen LogP contribution in [0.25, 0.3) is 0 Å². The van der Waals surface area contributed by atoms with Crippen molar-refractivity contribution in [3.05, 3.63) is 71.3 Å². The Morgan fingerprint density at radius 2 is 1.79 bits per heavy atom. The van der Waals surface area contributed by atoms with E-state index in [4.69, 9.17) is 0 Å². The predicted octanol–water partition coefficient (Wildman–Crippen LogP) is 2.48. The van der Waals surface area contributed by atoms with E-state index in [1.54, 1.807) is 0 Å². The average Bonchev–Trinajstić information content (AvgIpc) is 2.47. The first-order valence-electron chi connectivity index (χ1n) is 6.88. The minimum Gasteiger partial charge on any atom is -0.391 e. The molecule has 0 spiro atoms. The standard InChI is InChI=1S/C17H19NO/c19-16(12-13-6-2-1-3-7-13)17-15-9-5-4-8-14(15)10-11-18-17/h1-9,16-19H,10-12H2. The van der Waals surface area contributed by atoms with Crippen molar-refractivity contribution < 1.29 is 5.11 Å². The highest BCUT2D eigenvalue weighted by molar-refractivity contribution is 5.33. The van der Waals surface area contributed by atoms with E-state index in [1.807, 2.05) is 24.3 Å². The molecule has 2 unspecified atom stereocenters. The highest BCUT2D eigenvalue weighted by Gasteiger charge is 2.25. The first-order valence-corrected chi connectivity index (χ1v) is 6.88. The summed E-state index contributed by atoms with van der Waals surface area (Å²) in [6.07, 6.45) is 1.35. The number of aliphatic hydroxyl groups is 1. The smallest absolute Gasteiger partial charge is 0.0775 e. The molecule has 1 aliphatic rings. The van der Waals surface area contributed by atoms with E-state index in [0.29, 0.717) is 6.42 Å². The molecule has 1 aliphatic heterocycles. The van der Waals surface area contributed by atoms with Crippen molar-refractivity contribution in [2.75, 3.05) is 6.54 Å². The minimum atomic E-state index is -0.385. The Morgan fingerprint density at radius 3 is 2.63 bits per heavy atom. The van der Waals surface area contributed by atoms with Gasteiger partial charge in [-0.2, -0.15) is 0 Å². The Hall–Kier alpha value is -1.64. The number of nitrogens with one attached hydrogen (secondary N) is 1. The van der Waals surface area contributed by atoms with Crippen molar-refractivity contribution in [3.63, 3.8) is 0 Å². The van der Waals surface area contributed by atoms with E-state index in [0.717, 1.165) is 13.0 Å². The molecule has 0 saturated heterocycles. The molecule has 98 valence electrons. The maximum Gasteiger partial charge on any atom is 0.0775 e. The molecule has 2 aromatic carbocycles. The molecule has 0 aliphatic carbocycles. The van der Waals surface area contributed by atoms with Gasteiger partial charge in [-0.3, -0.25) is 0 Å². The van der Waals surface area contributed by atoms with Crippen LogP contribution in [0, 0.1) is 0 Å². The van der Waals surface area contributed by atoms with E-state index in [1.165, 1.54) is 16.7 Å². The van der Waals surface area contributed by atoms with Crippen LogP contribution in [-0.4, -0.2) is 17.8 Å². The summed E-state index contributed by atoms with van der Waals surface area (Å²) < 4.78 is 0. The molecule has 0 amide bonds. The summed E-state index contributed by atoms with van der Waals surface area (Å²) in [5.74, 6) is 0. The highest BCUT2D eigenvalue weighted by atomic mass is 16.3. The normalized spacial score (nSPS) is 19.7. The van der Waals surface area contributed by atoms with Crippen LogP contribution in [-0.2, 0) is 12.8 Å². The molecule has 2 N–H and O–H groups in total. The first kappa shape index (κ1) is 12.4. The van der Waals surface area contributed by atoms with Gasteiger partial charge >= 0.3 is 0 Å². The average molecular weight is 253 g/mol. The SMILES string of the molecule is OC(Cc1ccccc1)C1NCCc2ccccc21. The van der Waals surface area contributed by atoms with Crippen molar-refractivity contribution >= 4 is 0 Å². The highest BCUT2D eigenvalue weighted by Crippen LogP contribution is 2.26. The van der Waals surface area contributed by atoms with Crippen LogP contribution in [0.3, 0.4) is 0 Å². The Kier molecular flexibility index (Phi) is 3.62. The second-order valence-electron chi connectivity index (χ2n) is 5.14. The van der Waals surface area contributed by atoms with Crippen molar-refractivity contribution in [2.24, 2.45) is 0 Å². The van der Waals surface area contributed by atoms with Gasteiger partial charge in [0.15, 0.2) is 0 Å². The molecule has 2 nitrogen and oxygen atoms in total. The lowest BCUT2D eigenvalue weighted by Crippen LogP contribution is -2.38. The van der Waals surface area contributed by atoms with Crippen LogP contribution >= 0.6 is 0 Å². The molecule has 2 aromatic rings. The molecule has 0 radical (unpaired) electrons.